The van der Waals surface area contributed by atoms with E-state index in [1.807, 2.05) is 128 Å². The average Bonchev–Trinajstić information content (AvgIpc) is 0.839. The normalized spacial score (nSPS) is 10.9. The molecular formula is C124H138ClN23O. The van der Waals surface area contributed by atoms with E-state index >= 15 is 0 Å². The van der Waals surface area contributed by atoms with Gasteiger partial charge in [0, 0.05) is 106 Å². The van der Waals surface area contributed by atoms with E-state index in [2.05, 4.69) is 365 Å². The van der Waals surface area contributed by atoms with Gasteiger partial charge in [0.2, 0.25) is 35.7 Å². The minimum atomic E-state index is 0.255. The van der Waals surface area contributed by atoms with Crippen LogP contribution in [0.25, 0.3) is 67.5 Å². The summed E-state index contributed by atoms with van der Waals surface area (Å²) in [6.07, 6.45) is 10.5. The van der Waals surface area contributed by atoms with Gasteiger partial charge >= 0.3 is 0 Å². The fourth-order valence-electron chi connectivity index (χ4n) is 16.9. The van der Waals surface area contributed by atoms with Gasteiger partial charge in [0.25, 0.3) is 0 Å². The lowest BCUT2D eigenvalue weighted by molar-refractivity contribution is 0.333. The number of nitrogens with one attached hydrogen (secondary N) is 4. The van der Waals surface area contributed by atoms with Crippen LogP contribution in [0.2, 0.25) is 5.02 Å². The van der Waals surface area contributed by atoms with Crippen LogP contribution < -0.4 is 60.4 Å². The highest BCUT2D eigenvalue weighted by Gasteiger charge is 2.18. The highest BCUT2D eigenvalue weighted by molar-refractivity contribution is 6.30. The van der Waals surface area contributed by atoms with Crippen molar-refractivity contribution in [2.45, 2.75) is 161 Å². The number of aryl methyl sites for hydroxylation is 12. The zero-order valence-corrected chi connectivity index (χ0v) is 88.7. The molecule has 7 aromatic heterocycles. The van der Waals surface area contributed by atoms with Gasteiger partial charge in [-0.2, -0.15) is 19.9 Å². The van der Waals surface area contributed by atoms with Crippen molar-refractivity contribution in [3.63, 3.8) is 0 Å². The Morgan fingerprint density at radius 3 is 0.980 bits per heavy atom. The Morgan fingerprint density at radius 2 is 0.584 bits per heavy atom. The van der Waals surface area contributed by atoms with Crippen LogP contribution in [0.3, 0.4) is 0 Å². The lowest BCUT2D eigenvalue weighted by Gasteiger charge is -2.15. The fraction of sp³-hybridized carbons (Fsp3) is 0.234. The van der Waals surface area contributed by atoms with Gasteiger partial charge in [-0.25, -0.2) is 39.9 Å². The quantitative estimate of drug-likeness (QED) is 0.0175. The van der Waals surface area contributed by atoms with Crippen LogP contribution in [0.1, 0.15) is 144 Å². The molecule has 1 unspecified atom stereocenters. The lowest BCUT2D eigenvalue weighted by Crippen LogP contribution is -2.13. The summed E-state index contributed by atoms with van der Waals surface area (Å²) in [6, 6.07) is 102. The molecule has 1 atom stereocenters. The SMILES string of the molecule is Cc1ccc(CCNc2cc(-c3cccc(C)c3C)nc(N)n2)cc1.Cc1cccc(-c2cc(CCCc3ccc(Cl)cc3)nc(N)n2)c1C.Cc1cccc(-c2cc(CCCc3ccccn3)nc(N)n2)c1C.Cc1cccc(-c2cc(NCC(C)c3ccccc3)nc(N)n2)c1C.Cc1cccc(-c2cc(NCCCc3ccccc3)nc(N)n2)c1C.Cc1cccc(-c2cc(NCCOc3ccccc3)nc(N)n2)c1C. The predicted octanol–water partition coefficient (Wildman–Crippen LogP) is 26.2. The Balaban J connectivity index is 0.000000149. The first-order valence-electron chi connectivity index (χ1n) is 50.7. The second kappa shape index (κ2) is 54.9. The molecule has 7 heterocycles. The van der Waals surface area contributed by atoms with Gasteiger partial charge in [0.1, 0.15) is 35.6 Å². The number of nitrogen functional groups attached to an aromatic ring is 6. The standard InChI is InChI=1S/C21H22ClN3.3C21H24N4.C20H22N4O.C20H22N4/c1-14-5-3-8-19(15(14)2)20-13-18(24-21(23)25-20)7-4-6-16-9-11-17(22)12-10-16;1-14-7-9-17(10-8-14)11-12-23-20-13-19(24-21(22)25-20)18-6-4-5-15(2)16(18)3;1-14-8-7-11-18(16(14)3)19-12-20(25-21(22)24-19)23-13-15(2)17-9-5-4-6-10-17;1-15-8-6-12-18(16(15)2)19-14-20(25-21(22)24-19)23-13-7-11-17-9-4-3-5-10-17;1-14-7-6-10-17(15(14)2)18-13-19(24-20(21)23-18)22-11-12-25-16-8-4-3-5-9-16;1-14-7-5-11-18(15(14)2)19-13-17(23-20(21)24-19)10-6-9-16-8-3-4-12-22-16/h3,5,8-13H,4,6-7H2,1-2H3,(H2,23,24,25);4-10,13H,11-12H2,1-3H3,(H3,22,23,24,25);4-12,15H,13H2,1-3H3,(H3,22,23,24,25);3-6,8-10,12,14H,7,11,13H2,1-2H3,(H3,22,23,24,25);3-10,13H,11-12H2,1-2H3,(H3,21,22,23,24);3-5,7-8,11-13H,6,9-10H2,1-2H3,(H2,21,23,24). The molecule has 11 aromatic carbocycles. The number of anilines is 10. The Kier molecular flexibility index (Phi) is 40.3. The number of para-hydroxylation sites is 1. The molecule has 18 rings (SSSR count). The topological polar surface area (TPSA) is 381 Å². The van der Waals surface area contributed by atoms with Crippen molar-refractivity contribution in [1.29, 1.82) is 0 Å². The largest absolute Gasteiger partial charge is 0.492 e. The first kappa shape index (κ1) is 109. The number of rotatable bonds is 32. The van der Waals surface area contributed by atoms with Crippen molar-refractivity contribution in [3.05, 3.63) is 426 Å². The van der Waals surface area contributed by atoms with Crippen LogP contribution in [0.4, 0.5) is 59.0 Å². The number of nitrogens with two attached hydrogens (primary N) is 6. The summed E-state index contributed by atoms with van der Waals surface area (Å²) in [5.41, 5.74) is 71.6. The van der Waals surface area contributed by atoms with E-state index in [9.17, 15) is 0 Å². The summed E-state index contributed by atoms with van der Waals surface area (Å²) >= 11 is 5.93. The van der Waals surface area contributed by atoms with E-state index in [0.29, 0.717) is 42.7 Å². The molecule has 0 bridgehead atoms. The van der Waals surface area contributed by atoms with Crippen molar-refractivity contribution >= 4 is 70.6 Å². The van der Waals surface area contributed by atoms with Crippen LogP contribution in [0, 0.1) is 90.0 Å². The first-order chi connectivity index (χ1) is 72.0. The van der Waals surface area contributed by atoms with Gasteiger partial charge in [0.15, 0.2) is 0 Å². The highest BCUT2D eigenvalue weighted by atomic mass is 35.5. The minimum Gasteiger partial charge on any atom is -0.492 e. The molecule has 0 aliphatic carbocycles. The molecule has 0 amide bonds. The van der Waals surface area contributed by atoms with Crippen molar-refractivity contribution in [1.82, 2.24) is 64.8 Å². The minimum absolute atomic E-state index is 0.255. The van der Waals surface area contributed by atoms with Gasteiger partial charge in [-0.1, -0.05) is 255 Å². The average molecular weight is 2000 g/mol. The number of benzene rings is 11. The third-order valence-electron chi connectivity index (χ3n) is 26.3. The molecule has 18 aromatic rings. The molecule has 0 saturated carbocycles. The molecule has 762 valence electrons. The highest BCUT2D eigenvalue weighted by Crippen LogP contribution is 2.34. The van der Waals surface area contributed by atoms with Crippen molar-refractivity contribution in [2.24, 2.45) is 0 Å². The van der Waals surface area contributed by atoms with Crippen molar-refractivity contribution in [2.75, 3.05) is 88.5 Å². The monoisotopic (exact) mass is 2000 g/mol. The summed E-state index contributed by atoms with van der Waals surface area (Å²) in [6.45, 7) is 33.1. The number of hydrogen-bond acceptors (Lipinski definition) is 24. The van der Waals surface area contributed by atoms with Crippen molar-refractivity contribution < 1.29 is 4.74 Å². The zero-order valence-electron chi connectivity index (χ0n) is 88.0. The number of aromatic nitrogens is 13. The second-order valence-corrected chi connectivity index (χ2v) is 37.7. The fourth-order valence-corrected chi connectivity index (χ4v) is 17.0. The van der Waals surface area contributed by atoms with Crippen LogP contribution in [0.15, 0.2) is 310 Å². The van der Waals surface area contributed by atoms with E-state index in [1.54, 1.807) is 0 Å². The predicted molar refractivity (Wildman–Crippen MR) is 618 cm³/mol. The maximum Gasteiger partial charge on any atom is 0.222 e. The Hall–Kier alpha value is -16.9. The van der Waals surface area contributed by atoms with Crippen molar-refractivity contribution in [3.8, 4) is 73.3 Å². The maximum absolute atomic E-state index is 5.95. The van der Waals surface area contributed by atoms with Crippen LogP contribution in [-0.4, -0.2) is 97.6 Å². The molecule has 0 fully saturated rings. The molecule has 149 heavy (non-hydrogen) atoms. The van der Waals surface area contributed by atoms with Crippen LogP contribution in [0.5, 0.6) is 5.75 Å². The van der Waals surface area contributed by atoms with Crippen LogP contribution in [-0.2, 0) is 38.5 Å². The zero-order chi connectivity index (χ0) is 106. The maximum atomic E-state index is 5.95. The molecule has 0 saturated heterocycles. The summed E-state index contributed by atoms with van der Waals surface area (Å²) in [4.78, 5) is 56.8. The van der Waals surface area contributed by atoms with Gasteiger partial charge in [-0.05, 0) is 291 Å². The van der Waals surface area contributed by atoms with E-state index in [0.717, 1.165) is 190 Å². The summed E-state index contributed by atoms with van der Waals surface area (Å²) in [5.74, 6) is 6.00. The molecule has 0 spiro atoms. The third kappa shape index (κ3) is 33.3. The molecule has 25 heteroatoms. The number of pyridine rings is 1. The number of hydrogen-bond donors (Lipinski definition) is 10. The summed E-state index contributed by atoms with van der Waals surface area (Å²) in [7, 11) is 0. The molecular weight excluding hydrogens is 1860 g/mol. The molecule has 16 N–H and O–H groups in total. The number of nitrogens with zero attached hydrogens (tertiary/aromatic N) is 13. The van der Waals surface area contributed by atoms with E-state index in [-0.39, 0.29) is 17.8 Å². The number of ether oxygens (including phenoxy) is 1. The second-order valence-electron chi connectivity index (χ2n) is 37.3. The van der Waals surface area contributed by atoms with E-state index in [4.69, 9.17) is 50.7 Å². The molecule has 0 aliphatic rings. The Morgan fingerprint density at radius 1 is 0.268 bits per heavy atom. The molecule has 0 radical (unpaired) electrons. The van der Waals surface area contributed by atoms with Crippen LogP contribution >= 0.6 is 11.6 Å². The summed E-state index contributed by atoms with van der Waals surface area (Å²) < 4.78 is 5.67. The lowest BCUT2D eigenvalue weighted by atomic mass is 10.00. The Bertz CT molecular complexity index is 7100. The summed E-state index contributed by atoms with van der Waals surface area (Å²) in [5, 5.41) is 14.1. The van der Waals surface area contributed by atoms with E-state index < -0.39 is 0 Å². The molecule has 24 nitrogen and oxygen atoms in total. The van der Waals surface area contributed by atoms with Gasteiger partial charge in [0.05, 0.1) is 40.7 Å². The van der Waals surface area contributed by atoms with E-state index in [1.165, 1.54) is 94.6 Å². The van der Waals surface area contributed by atoms with Gasteiger partial charge in [-0.3, -0.25) is 4.98 Å². The van der Waals surface area contributed by atoms with Gasteiger partial charge in [-0.15, -0.1) is 0 Å². The molecule has 0 aliphatic heterocycles. The third-order valence-corrected chi connectivity index (χ3v) is 26.5. The smallest absolute Gasteiger partial charge is 0.222 e. The van der Waals surface area contributed by atoms with Gasteiger partial charge < -0.3 is 60.4 Å². The Labute approximate surface area is 883 Å². The number of halogens is 1. The first-order valence-corrected chi connectivity index (χ1v) is 51.0.